The van der Waals surface area contributed by atoms with E-state index in [0.717, 1.165) is 0 Å². The summed E-state index contributed by atoms with van der Waals surface area (Å²) in [5, 5.41) is 0.562. The van der Waals surface area contributed by atoms with Crippen molar-refractivity contribution in [3.05, 3.63) is 106 Å². The van der Waals surface area contributed by atoms with Gasteiger partial charge in [-0.2, -0.15) is 0 Å². The molecular weight excluding hydrogens is 408 g/mol. The molecule has 0 amide bonds. The van der Waals surface area contributed by atoms with Crippen molar-refractivity contribution in [2.24, 2.45) is 0 Å². The van der Waals surface area contributed by atoms with Gasteiger partial charge in [-0.15, -0.1) is 0 Å². The zero-order valence-corrected chi connectivity index (χ0v) is 17.4. The second-order valence-electron chi connectivity index (χ2n) is 7.20. The predicted octanol–water partition coefficient (Wildman–Crippen LogP) is 4.62. The molecule has 4 aromatic rings. The summed E-state index contributed by atoms with van der Waals surface area (Å²) in [6.45, 7) is 1.35. The molecule has 0 unspecified atom stereocenters. The first kappa shape index (κ1) is 21.1. The lowest BCUT2D eigenvalue weighted by molar-refractivity contribution is 0.0920. The van der Waals surface area contributed by atoms with Crippen molar-refractivity contribution >= 4 is 22.5 Å². The molecule has 0 aliphatic heterocycles. The molecule has 0 saturated heterocycles. The minimum atomic E-state index is -0.515. The fourth-order valence-corrected chi connectivity index (χ4v) is 3.33. The van der Waals surface area contributed by atoms with Gasteiger partial charge in [0.15, 0.2) is 24.8 Å². The van der Waals surface area contributed by atoms with Gasteiger partial charge in [0.25, 0.3) is 0 Å². The molecule has 0 saturated carbocycles. The summed E-state index contributed by atoms with van der Waals surface area (Å²) in [5.74, 6) is 0.227. The molecule has 6 heteroatoms. The fourth-order valence-electron chi connectivity index (χ4n) is 3.33. The number of hydrogen-bond acceptors (Lipinski definition) is 6. The Morgan fingerprint density at radius 3 is 1.94 bits per heavy atom. The fraction of sp³-hybridized carbons (Fsp3) is 0.115. The van der Waals surface area contributed by atoms with Crippen molar-refractivity contribution in [2.45, 2.75) is 6.92 Å². The first-order valence-corrected chi connectivity index (χ1v) is 10.0. The lowest BCUT2D eigenvalue weighted by Gasteiger charge is -2.13. The number of Topliss-reactive ketones (excluding diaryl/α,β-unsaturated/α-hetero) is 2. The third kappa shape index (κ3) is 4.75. The zero-order chi connectivity index (χ0) is 22.5. The SMILES string of the molecule is Cc1cc(=O)oc2cc(OCC(=O)c3ccccc3)cc(OCC(=O)c3ccccc3)c12. The maximum absolute atomic E-state index is 12.5. The Hall–Kier alpha value is -4.19. The Labute approximate surface area is 184 Å². The number of ketones is 2. The summed E-state index contributed by atoms with van der Waals surface area (Å²) in [7, 11) is 0. The largest absolute Gasteiger partial charge is 0.485 e. The van der Waals surface area contributed by atoms with Crippen LogP contribution in [0, 0.1) is 6.92 Å². The van der Waals surface area contributed by atoms with E-state index in [9.17, 15) is 14.4 Å². The van der Waals surface area contributed by atoms with Gasteiger partial charge in [-0.1, -0.05) is 60.7 Å². The van der Waals surface area contributed by atoms with Gasteiger partial charge in [0.1, 0.15) is 17.1 Å². The molecule has 0 spiro atoms. The molecule has 4 rings (SSSR count). The topological polar surface area (TPSA) is 82.8 Å². The van der Waals surface area contributed by atoms with E-state index in [-0.39, 0.29) is 36.1 Å². The molecule has 160 valence electrons. The van der Waals surface area contributed by atoms with Crippen molar-refractivity contribution in [1.82, 2.24) is 0 Å². The molecule has 6 nitrogen and oxygen atoms in total. The summed E-state index contributed by atoms with van der Waals surface area (Å²) in [4.78, 5) is 36.7. The van der Waals surface area contributed by atoms with E-state index in [1.807, 2.05) is 12.1 Å². The van der Waals surface area contributed by atoms with Crippen LogP contribution >= 0.6 is 0 Å². The van der Waals surface area contributed by atoms with Crippen molar-refractivity contribution < 1.29 is 23.5 Å². The Balaban J connectivity index is 1.60. The lowest BCUT2D eigenvalue weighted by Crippen LogP contribution is -2.13. The van der Waals surface area contributed by atoms with Crippen LogP contribution in [0.3, 0.4) is 0 Å². The number of carbonyl (C=O) groups excluding carboxylic acids is 2. The van der Waals surface area contributed by atoms with Gasteiger partial charge < -0.3 is 13.9 Å². The molecule has 1 heterocycles. The highest BCUT2D eigenvalue weighted by Crippen LogP contribution is 2.33. The molecule has 3 aromatic carbocycles. The van der Waals surface area contributed by atoms with Crippen LogP contribution < -0.4 is 15.1 Å². The average Bonchev–Trinajstić information content (AvgIpc) is 2.81. The third-order valence-corrected chi connectivity index (χ3v) is 4.90. The monoisotopic (exact) mass is 428 g/mol. The number of ether oxygens (including phenoxy) is 2. The number of aryl methyl sites for hydroxylation is 1. The number of hydrogen-bond donors (Lipinski definition) is 0. The lowest BCUT2D eigenvalue weighted by atomic mass is 10.1. The molecule has 0 aliphatic rings. The van der Waals surface area contributed by atoms with Crippen LogP contribution in [-0.4, -0.2) is 24.8 Å². The van der Waals surface area contributed by atoms with Crippen molar-refractivity contribution in [2.75, 3.05) is 13.2 Å². The number of rotatable bonds is 8. The van der Waals surface area contributed by atoms with Crippen molar-refractivity contribution in [3.8, 4) is 11.5 Å². The number of carbonyl (C=O) groups is 2. The highest BCUT2D eigenvalue weighted by molar-refractivity contribution is 5.98. The van der Waals surface area contributed by atoms with Gasteiger partial charge in [0.2, 0.25) is 0 Å². The Morgan fingerprint density at radius 2 is 1.34 bits per heavy atom. The van der Waals surface area contributed by atoms with E-state index in [1.165, 1.54) is 12.1 Å². The molecule has 0 atom stereocenters. The second kappa shape index (κ2) is 9.31. The highest BCUT2D eigenvalue weighted by atomic mass is 16.5. The van der Waals surface area contributed by atoms with Gasteiger partial charge in [-0.3, -0.25) is 9.59 Å². The number of benzene rings is 3. The molecule has 0 aliphatic carbocycles. The van der Waals surface area contributed by atoms with Crippen LogP contribution in [0.2, 0.25) is 0 Å². The summed E-state index contributed by atoms with van der Waals surface area (Å²) in [5.41, 5.74) is 1.44. The van der Waals surface area contributed by atoms with Crippen LogP contribution in [0.5, 0.6) is 11.5 Å². The van der Waals surface area contributed by atoms with E-state index < -0.39 is 5.63 Å². The maximum atomic E-state index is 12.5. The van der Waals surface area contributed by atoms with E-state index in [0.29, 0.717) is 27.8 Å². The molecule has 1 aromatic heterocycles. The normalized spacial score (nSPS) is 10.7. The smallest absolute Gasteiger partial charge is 0.336 e. The van der Waals surface area contributed by atoms with Crippen LogP contribution in [0.25, 0.3) is 11.0 Å². The third-order valence-electron chi connectivity index (χ3n) is 4.90. The van der Waals surface area contributed by atoms with Gasteiger partial charge in [0, 0.05) is 29.3 Å². The zero-order valence-electron chi connectivity index (χ0n) is 17.4. The van der Waals surface area contributed by atoms with E-state index in [4.69, 9.17) is 13.9 Å². The molecule has 32 heavy (non-hydrogen) atoms. The molecule has 0 N–H and O–H groups in total. The van der Waals surface area contributed by atoms with Gasteiger partial charge in [-0.05, 0) is 12.5 Å². The van der Waals surface area contributed by atoms with Gasteiger partial charge in [0.05, 0.1) is 5.39 Å². The van der Waals surface area contributed by atoms with Crippen LogP contribution in [0.15, 0.2) is 88.1 Å². The highest BCUT2D eigenvalue weighted by Gasteiger charge is 2.15. The molecule has 0 bridgehead atoms. The first-order valence-electron chi connectivity index (χ1n) is 10.0. The average molecular weight is 428 g/mol. The summed E-state index contributed by atoms with van der Waals surface area (Å²) in [6.07, 6.45) is 0. The standard InChI is InChI=1S/C26H20O6/c1-17-12-25(29)32-24-14-20(30-15-21(27)18-8-4-2-5-9-18)13-23(26(17)24)31-16-22(28)19-10-6-3-7-11-19/h2-14H,15-16H2,1H3. The second-order valence-corrected chi connectivity index (χ2v) is 7.20. The van der Waals surface area contributed by atoms with Crippen LogP contribution in [0.1, 0.15) is 26.3 Å². The first-order chi connectivity index (χ1) is 15.5. The quantitative estimate of drug-likeness (QED) is 0.301. The maximum Gasteiger partial charge on any atom is 0.336 e. The summed E-state index contributed by atoms with van der Waals surface area (Å²) >= 11 is 0. The Kier molecular flexibility index (Phi) is 6.12. The van der Waals surface area contributed by atoms with Crippen LogP contribution in [0.4, 0.5) is 0 Å². The summed E-state index contributed by atoms with van der Waals surface area (Å²) in [6, 6.07) is 22.1. The minimum Gasteiger partial charge on any atom is -0.485 e. The van der Waals surface area contributed by atoms with Crippen molar-refractivity contribution in [3.63, 3.8) is 0 Å². The predicted molar refractivity (Wildman–Crippen MR) is 120 cm³/mol. The minimum absolute atomic E-state index is 0.195. The van der Waals surface area contributed by atoms with Gasteiger partial charge >= 0.3 is 5.63 Å². The molecular formula is C26H20O6. The summed E-state index contributed by atoms with van der Waals surface area (Å²) < 4.78 is 16.8. The van der Waals surface area contributed by atoms with Crippen molar-refractivity contribution in [1.29, 1.82) is 0 Å². The van der Waals surface area contributed by atoms with E-state index in [1.54, 1.807) is 61.5 Å². The number of fused-ring (bicyclic) bond motifs is 1. The Morgan fingerprint density at radius 1 is 0.781 bits per heavy atom. The van der Waals surface area contributed by atoms with Gasteiger partial charge in [-0.25, -0.2) is 4.79 Å². The van der Waals surface area contributed by atoms with E-state index >= 15 is 0 Å². The van der Waals surface area contributed by atoms with E-state index in [2.05, 4.69) is 0 Å². The molecule has 0 radical (unpaired) electrons. The Bertz CT molecular complexity index is 1320. The van der Waals surface area contributed by atoms with Crippen LogP contribution in [-0.2, 0) is 0 Å². The molecule has 0 fully saturated rings.